The van der Waals surface area contributed by atoms with E-state index in [2.05, 4.69) is 35.0 Å². The van der Waals surface area contributed by atoms with Crippen LogP contribution in [0.25, 0.3) is 11.4 Å². The molecule has 2 heterocycles. The van der Waals surface area contributed by atoms with E-state index in [4.69, 9.17) is 9.78 Å². The topological polar surface area (TPSA) is 75.6 Å². The molecule has 0 saturated heterocycles. The minimum Gasteiger partial charge on any atom is -0.339 e. The van der Waals surface area contributed by atoms with Crippen molar-refractivity contribution in [2.45, 2.75) is 33.6 Å². The van der Waals surface area contributed by atoms with Gasteiger partial charge in [0.1, 0.15) is 0 Å². The number of aryl methyl sites for hydroxylation is 2. The van der Waals surface area contributed by atoms with E-state index in [0.29, 0.717) is 11.7 Å². The van der Waals surface area contributed by atoms with E-state index in [0.717, 1.165) is 17.0 Å². The number of hydrogen-bond donors (Lipinski definition) is 0. The molecule has 5 nitrogen and oxygen atoms in total. The summed E-state index contributed by atoms with van der Waals surface area (Å²) in [4.78, 5) is 8.80. The lowest BCUT2D eigenvalue weighted by Gasteiger charge is -1.99. The van der Waals surface area contributed by atoms with Gasteiger partial charge in [0.15, 0.2) is 0 Å². The molecule has 0 N–H and O–H groups in total. The number of nitrogens with zero attached hydrogens (tertiary/aromatic N) is 4. The fourth-order valence-corrected chi connectivity index (χ4v) is 2.78. The summed E-state index contributed by atoms with van der Waals surface area (Å²) in [5.74, 6) is 1.12. The Hall–Kier alpha value is -2.22. The van der Waals surface area contributed by atoms with Gasteiger partial charge in [0.05, 0.1) is 17.9 Å². The molecule has 1 aliphatic carbocycles. The Balaban J connectivity index is 1.94. The smallest absolute Gasteiger partial charge is 0.232 e. The summed E-state index contributed by atoms with van der Waals surface area (Å²) < 4.78 is 5.36. The van der Waals surface area contributed by atoms with Crippen LogP contribution in [0.1, 0.15) is 37.0 Å². The molecule has 0 bridgehead atoms. The molecule has 2 unspecified atom stereocenters. The molecule has 102 valence electrons. The van der Waals surface area contributed by atoms with Gasteiger partial charge in [-0.2, -0.15) is 10.2 Å². The maximum absolute atomic E-state index is 9.12. The van der Waals surface area contributed by atoms with Gasteiger partial charge in [-0.3, -0.25) is 4.98 Å². The van der Waals surface area contributed by atoms with Gasteiger partial charge in [0.25, 0.3) is 0 Å². The van der Waals surface area contributed by atoms with Gasteiger partial charge in [-0.1, -0.05) is 19.0 Å². The SMILES string of the molecule is Cc1cc(-c2noc(C3C(C#N)C3(C)C)n2)cc(C)n1. The molecule has 0 radical (unpaired) electrons. The van der Waals surface area contributed by atoms with Gasteiger partial charge in [-0.15, -0.1) is 0 Å². The van der Waals surface area contributed by atoms with E-state index in [1.807, 2.05) is 26.0 Å². The molecule has 0 aromatic carbocycles. The number of nitriles is 1. The fourth-order valence-electron chi connectivity index (χ4n) is 2.78. The quantitative estimate of drug-likeness (QED) is 0.836. The van der Waals surface area contributed by atoms with Crippen LogP contribution in [0.5, 0.6) is 0 Å². The van der Waals surface area contributed by atoms with Crippen molar-refractivity contribution in [2.75, 3.05) is 0 Å². The first-order valence-electron chi connectivity index (χ1n) is 6.62. The highest BCUT2D eigenvalue weighted by atomic mass is 16.5. The van der Waals surface area contributed by atoms with Gasteiger partial charge in [-0.05, 0) is 31.4 Å². The standard InChI is InChI=1S/C15H16N4O/c1-8-5-10(6-9(2)17-8)13-18-14(20-19-13)12-11(7-16)15(12,3)4/h5-6,11-12H,1-4H3. The average molecular weight is 268 g/mol. The summed E-state index contributed by atoms with van der Waals surface area (Å²) in [6, 6.07) is 6.17. The molecule has 2 aromatic heterocycles. The Morgan fingerprint density at radius 3 is 2.40 bits per heavy atom. The Morgan fingerprint density at radius 2 is 1.85 bits per heavy atom. The largest absolute Gasteiger partial charge is 0.339 e. The second-order valence-electron chi connectivity index (χ2n) is 6.00. The Labute approximate surface area is 117 Å². The third-order valence-corrected chi connectivity index (χ3v) is 4.01. The van der Waals surface area contributed by atoms with Crippen molar-refractivity contribution in [2.24, 2.45) is 11.3 Å². The lowest BCUT2D eigenvalue weighted by molar-refractivity contribution is 0.368. The van der Waals surface area contributed by atoms with Crippen LogP contribution >= 0.6 is 0 Å². The molecule has 0 aliphatic heterocycles. The predicted octanol–water partition coefficient (Wildman–Crippen LogP) is 3.01. The predicted molar refractivity (Wildman–Crippen MR) is 72.6 cm³/mol. The minimum atomic E-state index is -0.0807. The lowest BCUT2D eigenvalue weighted by atomic mass is 10.1. The summed E-state index contributed by atoms with van der Waals surface area (Å²) in [7, 11) is 0. The molecule has 5 heteroatoms. The van der Waals surface area contributed by atoms with E-state index >= 15 is 0 Å². The van der Waals surface area contributed by atoms with Crippen LogP contribution in [-0.4, -0.2) is 15.1 Å². The number of rotatable bonds is 2. The maximum Gasteiger partial charge on any atom is 0.232 e. The molecule has 3 rings (SSSR count). The first-order valence-corrected chi connectivity index (χ1v) is 6.62. The Morgan fingerprint density at radius 1 is 1.20 bits per heavy atom. The molecular weight excluding hydrogens is 252 g/mol. The maximum atomic E-state index is 9.12. The van der Waals surface area contributed by atoms with Gasteiger partial charge in [0, 0.05) is 17.0 Å². The van der Waals surface area contributed by atoms with Gasteiger partial charge < -0.3 is 4.52 Å². The zero-order chi connectivity index (χ0) is 14.5. The van der Waals surface area contributed by atoms with Crippen LogP contribution in [0.15, 0.2) is 16.7 Å². The second-order valence-corrected chi connectivity index (χ2v) is 6.00. The van der Waals surface area contributed by atoms with Crippen LogP contribution in [0.2, 0.25) is 0 Å². The van der Waals surface area contributed by atoms with E-state index in [1.54, 1.807) is 0 Å². The van der Waals surface area contributed by atoms with Crippen LogP contribution < -0.4 is 0 Å². The van der Waals surface area contributed by atoms with Crippen LogP contribution in [0.3, 0.4) is 0 Å². The molecule has 0 spiro atoms. The van der Waals surface area contributed by atoms with E-state index in [-0.39, 0.29) is 17.3 Å². The van der Waals surface area contributed by atoms with Gasteiger partial charge in [-0.25, -0.2) is 0 Å². The van der Waals surface area contributed by atoms with Crippen molar-refractivity contribution < 1.29 is 4.52 Å². The summed E-state index contributed by atoms with van der Waals surface area (Å²) in [6.45, 7) is 7.98. The third-order valence-electron chi connectivity index (χ3n) is 4.01. The van der Waals surface area contributed by atoms with Crippen molar-refractivity contribution in [1.82, 2.24) is 15.1 Å². The highest BCUT2D eigenvalue weighted by Gasteiger charge is 2.62. The normalized spacial score (nSPS) is 23.4. The summed E-state index contributed by atoms with van der Waals surface area (Å²) in [5.41, 5.74) is 2.67. The van der Waals surface area contributed by atoms with Crippen molar-refractivity contribution in [1.29, 1.82) is 5.26 Å². The van der Waals surface area contributed by atoms with E-state index in [1.165, 1.54) is 0 Å². The Kier molecular flexibility index (Phi) is 2.65. The summed E-state index contributed by atoms with van der Waals surface area (Å²) in [5, 5.41) is 13.2. The molecule has 2 aromatic rings. The average Bonchev–Trinajstić information content (AvgIpc) is 2.74. The molecule has 1 aliphatic rings. The molecule has 0 amide bonds. The third kappa shape index (κ3) is 1.88. The fraction of sp³-hybridized carbons (Fsp3) is 0.467. The highest BCUT2D eigenvalue weighted by Crippen LogP contribution is 2.63. The molecule has 2 atom stereocenters. The van der Waals surface area contributed by atoms with Crippen LogP contribution in [0, 0.1) is 36.5 Å². The monoisotopic (exact) mass is 268 g/mol. The van der Waals surface area contributed by atoms with Crippen LogP contribution in [0.4, 0.5) is 0 Å². The van der Waals surface area contributed by atoms with E-state index in [9.17, 15) is 0 Å². The number of hydrogen-bond acceptors (Lipinski definition) is 5. The molecule has 20 heavy (non-hydrogen) atoms. The van der Waals surface area contributed by atoms with Crippen LogP contribution in [-0.2, 0) is 0 Å². The molecular formula is C15H16N4O. The first-order chi connectivity index (χ1) is 9.43. The molecule has 1 saturated carbocycles. The second kappa shape index (κ2) is 4.14. The van der Waals surface area contributed by atoms with E-state index < -0.39 is 0 Å². The van der Waals surface area contributed by atoms with Crippen molar-refractivity contribution in [3.05, 3.63) is 29.4 Å². The Bertz CT molecular complexity index is 691. The van der Waals surface area contributed by atoms with Gasteiger partial charge in [0.2, 0.25) is 11.7 Å². The van der Waals surface area contributed by atoms with Gasteiger partial charge >= 0.3 is 0 Å². The van der Waals surface area contributed by atoms with Crippen molar-refractivity contribution in [3.8, 4) is 17.5 Å². The zero-order valence-corrected chi connectivity index (χ0v) is 12.0. The summed E-state index contributed by atoms with van der Waals surface area (Å²) >= 11 is 0. The number of pyridine rings is 1. The number of aromatic nitrogens is 3. The summed E-state index contributed by atoms with van der Waals surface area (Å²) in [6.07, 6.45) is 0. The highest BCUT2D eigenvalue weighted by molar-refractivity contribution is 5.55. The minimum absolute atomic E-state index is 0.0396. The zero-order valence-electron chi connectivity index (χ0n) is 12.0. The first kappa shape index (κ1) is 12.8. The molecule has 1 fully saturated rings. The van der Waals surface area contributed by atoms with Crippen molar-refractivity contribution in [3.63, 3.8) is 0 Å². The van der Waals surface area contributed by atoms with Crippen molar-refractivity contribution >= 4 is 0 Å². The lowest BCUT2D eigenvalue weighted by Crippen LogP contribution is -1.91.